The predicted octanol–water partition coefficient (Wildman–Crippen LogP) is 3.75. The number of aromatic carboxylic acids is 1. The van der Waals surface area contributed by atoms with Gasteiger partial charge in [-0.1, -0.05) is 29.3 Å². The zero-order valence-electron chi connectivity index (χ0n) is 11.6. The van der Waals surface area contributed by atoms with Crippen molar-refractivity contribution in [1.29, 1.82) is 0 Å². The molecule has 2 heterocycles. The molecule has 1 saturated heterocycles. The normalized spacial score (nSPS) is 14.4. The summed E-state index contributed by atoms with van der Waals surface area (Å²) in [5.41, 5.74) is 1.12. The van der Waals surface area contributed by atoms with Crippen LogP contribution in [0.4, 0.5) is 5.82 Å². The van der Waals surface area contributed by atoms with E-state index in [1.807, 2.05) is 0 Å². The smallest absolute Gasteiger partial charge is 0.356 e. The maximum Gasteiger partial charge on any atom is 0.356 e. The van der Waals surface area contributed by atoms with Gasteiger partial charge in [0.05, 0.1) is 16.2 Å². The fourth-order valence-electron chi connectivity index (χ4n) is 2.48. The largest absolute Gasteiger partial charge is 0.476 e. The Hall–Kier alpha value is -1.85. The van der Waals surface area contributed by atoms with Crippen LogP contribution >= 0.6 is 23.2 Å². The molecule has 0 aliphatic carbocycles. The maximum atomic E-state index is 11.2. The quantitative estimate of drug-likeness (QED) is 0.923. The van der Waals surface area contributed by atoms with Gasteiger partial charge in [0.1, 0.15) is 5.69 Å². The molecule has 5 nitrogen and oxygen atoms in total. The van der Waals surface area contributed by atoms with Crippen LogP contribution in [0.3, 0.4) is 0 Å². The average molecular weight is 338 g/mol. The third-order valence-corrected chi connectivity index (χ3v) is 4.31. The van der Waals surface area contributed by atoms with Crippen LogP contribution in [0.5, 0.6) is 0 Å². The Labute approximate surface area is 137 Å². The number of carboxylic acid groups (broad SMARTS) is 1. The Kier molecular flexibility index (Phi) is 4.18. The molecule has 0 atom stereocenters. The summed E-state index contributed by atoms with van der Waals surface area (Å²) in [6.45, 7) is 1.77. The summed E-state index contributed by atoms with van der Waals surface area (Å²) in [6.07, 6.45) is 3.46. The minimum absolute atomic E-state index is 0.0935. The van der Waals surface area contributed by atoms with Crippen LogP contribution in [0.2, 0.25) is 10.0 Å². The van der Waals surface area contributed by atoms with Gasteiger partial charge < -0.3 is 10.0 Å². The first-order valence-electron chi connectivity index (χ1n) is 6.87. The zero-order valence-corrected chi connectivity index (χ0v) is 13.1. The number of hydrogen-bond acceptors (Lipinski definition) is 4. The molecule has 2 aromatic rings. The van der Waals surface area contributed by atoms with Crippen molar-refractivity contribution in [2.75, 3.05) is 18.0 Å². The van der Waals surface area contributed by atoms with Crippen LogP contribution < -0.4 is 4.90 Å². The molecule has 114 valence electrons. The molecular weight excluding hydrogens is 325 g/mol. The highest BCUT2D eigenvalue weighted by atomic mass is 35.5. The van der Waals surface area contributed by atoms with Gasteiger partial charge in [0, 0.05) is 18.7 Å². The molecule has 1 aromatic heterocycles. The van der Waals surface area contributed by atoms with Crippen molar-refractivity contribution in [3.8, 4) is 11.3 Å². The number of carboxylic acids is 1. The molecule has 0 unspecified atom stereocenters. The number of halogens is 2. The highest BCUT2D eigenvalue weighted by Gasteiger charge is 2.21. The molecule has 1 aliphatic rings. The summed E-state index contributed by atoms with van der Waals surface area (Å²) in [6, 6.07) is 5.12. The van der Waals surface area contributed by atoms with Crippen LogP contribution in [0, 0.1) is 0 Å². The van der Waals surface area contributed by atoms with Crippen molar-refractivity contribution < 1.29 is 9.90 Å². The Balaban J connectivity index is 2.14. The Morgan fingerprint density at radius 3 is 2.55 bits per heavy atom. The zero-order chi connectivity index (χ0) is 15.7. The van der Waals surface area contributed by atoms with E-state index in [9.17, 15) is 4.79 Å². The number of aromatic nitrogens is 2. The topological polar surface area (TPSA) is 66.3 Å². The van der Waals surface area contributed by atoms with E-state index >= 15 is 0 Å². The lowest BCUT2D eigenvalue weighted by molar-refractivity contribution is 0.0690. The fourth-order valence-corrected chi connectivity index (χ4v) is 2.78. The number of nitrogens with zero attached hydrogens (tertiary/aromatic N) is 3. The molecular formula is C15H13Cl2N3O2. The van der Waals surface area contributed by atoms with E-state index in [2.05, 4.69) is 14.9 Å². The third-order valence-electron chi connectivity index (χ3n) is 3.57. The first-order valence-corrected chi connectivity index (χ1v) is 7.62. The van der Waals surface area contributed by atoms with Gasteiger partial charge in [-0.3, -0.25) is 0 Å². The van der Waals surface area contributed by atoms with Gasteiger partial charge in [-0.05, 0) is 25.0 Å². The first-order chi connectivity index (χ1) is 10.6. The van der Waals surface area contributed by atoms with Crippen LogP contribution in [0.15, 0.2) is 24.4 Å². The number of hydrogen-bond donors (Lipinski definition) is 1. The number of anilines is 1. The molecule has 0 bridgehead atoms. The minimum Gasteiger partial charge on any atom is -0.476 e. The molecule has 1 fully saturated rings. The fraction of sp³-hybridized carbons (Fsp3) is 0.267. The summed E-state index contributed by atoms with van der Waals surface area (Å²) in [4.78, 5) is 21.9. The Morgan fingerprint density at radius 1 is 1.18 bits per heavy atom. The summed E-state index contributed by atoms with van der Waals surface area (Å²) in [7, 11) is 0. The van der Waals surface area contributed by atoms with Crippen molar-refractivity contribution in [3.05, 3.63) is 40.1 Å². The van der Waals surface area contributed by atoms with Gasteiger partial charge in [0.15, 0.2) is 11.5 Å². The maximum absolute atomic E-state index is 11.2. The van der Waals surface area contributed by atoms with E-state index in [1.54, 1.807) is 18.2 Å². The second-order valence-electron chi connectivity index (χ2n) is 5.06. The Bertz CT molecular complexity index is 731. The molecule has 1 aromatic carbocycles. The van der Waals surface area contributed by atoms with Gasteiger partial charge in [-0.15, -0.1) is 0 Å². The van der Waals surface area contributed by atoms with Crippen LogP contribution in [-0.4, -0.2) is 34.1 Å². The predicted molar refractivity (Wildman–Crippen MR) is 85.9 cm³/mol. The van der Waals surface area contributed by atoms with Gasteiger partial charge in [0.2, 0.25) is 0 Å². The molecule has 3 rings (SSSR count). The highest BCUT2D eigenvalue weighted by molar-refractivity contribution is 6.42. The van der Waals surface area contributed by atoms with E-state index in [4.69, 9.17) is 28.3 Å². The molecule has 7 heteroatoms. The van der Waals surface area contributed by atoms with Crippen molar-refractivity contribution >= 4 is 35.0 Å². The minimum atomic E-state index is -1.11. The Morgan fingerprint density at radius 2 is 1.91 bits per heavy atom. The van der Waals surface area contributed by atoms with E-state index in [0.29, 0.717) is 27.1 Å². The summed E-state index contributed by atoms with van der Waals surface area (Å²) in [5.74, 6) is -0.428. The second kappa shape index (κ2) is 6.10. The SMILES string of the molecule is O=C(O)c1cnc(N2CCCC2)c(-c2ccc(Cl)c(Cl)c2)n1. The van der Waals surface area contributed by atoms with E-state index in [-0.39, 0.29) is 5.69 Å². The van der Waals surface area contributed by atoms with E-state index < -0.39 is 5.97 Å². The van der Waals surface area contributed by atoms with Crippen LogP contribution in [-0.2, 0) is 0 Å². The third kappa shape index (κ3) is 2.87. The lowest BCUT2D eigenvalue weighted by Gasteiger charge is -2.19. The van der Waals surface area contributed by atoms with Gasteiger partial charge in [-0.25, -0.2) is 14.8 Å². The molecule has 1 aliphatic heterocycles. The lowest BCUT2D eigenvalue weighted by Crippen LogP contribution is -2.21. The van der Waals surface area contributed by atoms with E-state index in [0.717, 1.165) is 25.9 Å². The van der Waals surface area contributed by atoms with E-state index in [1.165, 1.54) is 6.20 Å². The van der Waals surface area contributed by atoms with Crippen molar-refractivity contribution in [2.45, 2.75) is 12.8 Å². The molecule has 1 N–H and O–H groups in total. The lowest BCUT2D eigenvalue weighted by atomic mass is 10.1. The second-order valence-corrected chi connectivity index (χ2v) is 5.87. The molecule has 0 amide bonds. The number of rotatable bonds is 3. The molecule has 22 heavy (non-hydrogen) atoms. The van der Waals surface area contributed by atoms with Crippen molar-refractivity contribution in [1.82, 2.24) is 9.97 Å². The summed E-state index contributed by atoms with van der Waals surface area (Å²) >= 11 is 12.0. The first kappa shape index (κ1) is 15.1. The number of benzene rings is 1. The molecule has 0 radical (unpaired) electrons. The summed E-state index contributed by atoms with van der Waals surface area (Å²) in [5, 5.41) is 9.99. The van der Waals surface area contributed by atoms with Gasteiger partial charge in [0.25, 0.3) is 0 Å². The monoisotopic (exact) mass is 337 g/mol. The van der Waals surface area contributed by atoms with Crippen molar-refractivity contribution in [3.63, 3.8) is 0 Å². The van der Waals surface area contributed by atoms with Crippen LogP contribution in [0.25, 0.3) is 11.3 Å². The standard InChI is InChI=1S/C15H13Cl2N3O2/c16-10-4-3-9(7-11(10)17)13-14(20-5-1-2-6-20)18-8-12(19-13)15(21)22/h3-4,7-8H,1-2,5-6H2,(H,21,22). The summed E-state index contributed by atoms with van der Waals surface area (Å²) < 4.78 is 0. The van der Waals surface area contributed by atoms with Gasteiger partial charge in [-0.2, -0.15) is 0 Å². The molecule has 0 saturated carbocycles. The molecule has 0 spiro atoms. The van der Waals surface area contributed by atoms with Crippen LogP contribution in [0.1, 0.15) is 23.3 Å². The number of carbonyl (C=O) groups is 1. The highest BCUT2D eigenvalue weighted by Crippen LogP contribution is 2.33. The van der Waals surface area contributed by atoms with Gasteiger partial charge >= 0.3 is 5.97 Å². The van der Waals surface area contributed by atoms with Crippen molar-refractivity contribution in [2.24, 2.45) is 0 Å². The average Bonchev–Trinajstić information content (AvgIpc) is 3.03.